The van der Waals surface area contributed by atoms with Gasteiger partial charge in [-0.05, 0) is 83.9 Å². The third-order valence-electron chi connectivity index (χ3n) is 7.22. The van der Waals surface area contributed by atoms with Gasteiger partial charge in [-0.15, -0.1) is 0 Å². The lowest BCUT2D eigenvalue weighted by Gasteiger charge is -2.10. The largest absolute Gasteiger partial charge is 0.435 e. The molecule has 0 aliphatic rings. The van der Waals surface area contributed by atoms with E-state index in [9.17, 15) is 8.78 Å². The zero-order valence-corrected chi connectivity index (χ0v) is 22.2. The van der Waals surface area contributed by atoms with Crippen LogP contribution in [0.25, 0.3) is 10.8 Å². The van der Waals surface area contributed by atoms with Crippen LogP contribution >= 0.6 is 0 Å². The summed E-state index contributed by atoms with van der Waals surface area (Å²) in [6.45, 7) is -0.592. The summed E-state index contributed by atoms with van der Waals surface area (Å²) in [7, 11) is 0. The van der Waals surface area contributed by atoms with Crippen molar-refractivity contribution in [3.63, 3.8) is 0 Å². The third kappa shape index (κ3) is 8.11. The molecule has 0 saturated carbocycles. The lowest BCUT2D eigenvalue weighted by molar-refractivity contribution is -0.0498. The Morgan fingerprint density at radius 3 is 1.87 bits per heavy atom. The first-order valence-electron chi connectivity index (χ1n) is 13.8. The Balaban J connectivity index is 1.30. The van der Waals surface area contributed by atoms with E-state index in [-0.39, 0.29) is 11.6 Å². The van der Waals surface area contributed by atoms with Gasteiger partial charge in [-0.3, -0.25) is 0 Å². The van der Waals surface area contributed by atoms with Gasteiger partial charge < -0.3 is 4.74 Å². The van der Waals surface area contributed by atoms with Gasteiger partial charge in [0.05, 0.1) is 0 Å². The molecule has 200 valence electrons. The number of rotatable bonds is 14. The van der Waals surface area contributed by atoms with E-state index in [1.807, 2.05) is 24.3 Å². The molecule has 4 heteroatoms. The second kappa shape index (κ2) is 14.0. The van der Waals surface area contributed by atoms with Crippen LogP contribution in [0.3, 0.4) is 0 Å². The summed E-state index contributed by atoms with van der Waals surface area (Å²) in [5, 5.41) is 1.55. The van der Waals surface area contributed by atoms with E-state index in [0.717, 1.165) is 30.2 Å². The van der Waals surface area contributed by atoms with Crippen LogP contribution in [0.1, 0.15) is 66.8 Å². The molecule has 0 saturated heterocycles. The number of unbranched alkanes of at least 4 members (excludes halogenated alkanes) is 4. The molecule has 1 nitrogen and oxygen atoms in total. The van der Waals surface area contributed by atoms with Crippen molar-refractivity contribution >= 4 is 10.8 Å². The lowest BCUT2D eigenvalue weighted by Crippen LogP contribution is -2.02. The molecule has 0 spiro atoms. The fourth-order valence-electron chi connectivity index (χ4n) is 4.95. The summed E-state index contributed by atoms with van der Waals surface area (Å²) >= 11 is 0. The van der Waals surface area contributed by atoms with E-state index < -0.39 is 6.61 Å². The van der Waals surface area contributed by atoms with Gasteiger partial charge in [-0.2, -0.15) is 8.78 Å². The molecule has 0 radical (unpaired) electrons. The number of ether oxygens (including phenoxy) is 1. The average molecular weight is 519 g/mol. The maximum Gasteiger partial charge on any atom is 0.387 e. The summed E-state index contributed by atoms with van der Waals surface area (Å²) in [5.74, 6) is -0.0568. The Morgan fingerprint density at radius 1 is 0.605 bits per heavy atom. The minimum Gasteiger partial charge on any atom is -0.435 e. The topological polar surface area (TPSA) is 9.23 Å². The summed E-state index contributed by atoms with van der Waals surface area (Å²) in [6, 6.07) is 25.4. The van der Waals surface area contributed by atoms with Crippen LogP contribution in [-0.4, -0.2) is 6.61 Å². The third-order valence-corrected chi connectivity index (χ3v) is 7.22. The first kappa shape index (κ1) is 27.8. The Bertz CT molecular complexity index is 1280. The second-order valence-electron chi connectivity index (χ2n) is 10.1. The minimum atomic E-state index is -2.84. The number of halogens is 3. The molecule has 0 unspecified atom stereocenters. The molecule has 0 amide bonds. The highest BCUT2D eigenvalue weighted by Gasteiger charge is 2.10. The molecule has 0 atom stereocenters. The van der Waals surface area contributed by atoms with Crippen molar-refractivity contribution in [2.75, 3.05) is 0 Å². The van der Waals surface area contributed by atoms with E-state index in [0.29, 0.717) is 23.8 Å². The number of hydrogen-bond donors (Lipinski definition) is 0. The van der Waals surface area contributed by atoms with Crippen molar-refractivity contribution in [1.82, 2.24) is 0 Å². The molecular formula is C34H37F3O. The highest BCUT2D eigenvalue weighted by atomic mass is 19.3. The van der Waals surface area contributed by atoms with Gasteiger partial charge in [0.1, 0.15) is 11.6 Å². The highest BCUT2D eigenvalue weighted by Crippen LogP contribution is 2.25. The van der Waals surface area contributed by atoms with E-state index in [2.05, 4.69) is 42.0 Å². The van der Waals surface area contributed by atoms with Crippen LogP contribution in [0.4, 0.5) is 13.2 Å². The monoisotopic (exact) mass is 518 g/mol. The van der Waals surface area contributed by atoms with Gasteiger partial charge >= 0.3 is 6.61 Å². The van der Waals surface area contributed by atoms with Crippen LogP contribution < -0.4 is 4.74 Å². The standard InChI is InChI=1S/C34H37F3O/c1-2-3-4-5-6-7-25-8-10-26(11-9-25)12-13-28-17-23-32-30(24-28)20-19-29(33(32)35)18-14-27-15-21-31(22-16-27)38-34(36)37/h8-11,15-17,19-24,34H,2-7,12-14,18H2,1H3. The molecule has 4 aromatic rings. The van der Waals surface area contributed by atoms with Crippen molar-refractivity contribution in [2.24, 2.45) is 0 Å². The molecule has 0 aliphatic heterocycles. The SMILES string of the molecule is CCCCCCCc1ccc(CCc2ccc3c(F)c(CCc4ccc(OC(F)F)cc4)ccc3c2)cc1. The first-order chi connectivity index (χ1) is 18.5. The molecule has 0 aromatic heterocycles. The van der Waals surface area contributed by atoms with Gasteiger partial charge in [0.25, 0.3) is 0 Å². The van der Waals surface area contributed by atoms with Crippen LogP contribution in [-0.2, 0) is 32.1 Å². The van der Waals surface area contributed by atoms with Crippen molar-refractivity contribution in [2.45, 2.75) is 77.7 Å². The van der Waals surface area contributed by atoms with Gasteiger partial charge in [-0.25, -0.2) is 4.39 Å². The minimum absolute atomic E-state index is 0.127. The quantitative estimate of drug-likeness (QED) is 0.151. The van der Waals surface area contributed by atoms with Crippen molar-refractivity contribution in [3.05, 3.63) is 112 Å². The van der Waals surface area contributed by atoms with Crippen LogP contribution in [0.2, 0.25) is 0 Å². The molecule has 0 N–H and O–H groups in total. The zero-order valence-electron chi connectivity index (χ0n) is 22.2. The number of fused-ring (bicyclic) bond motifs is 1. The first-order valence-corrected chi connectivity index (χ1v) is 13.8. The molecule has 0 bridgehead atoms. The van der Waals surface area contributed by atoms with Crippen LogP contribution in [0, 0.1) is 5.82 Å². The predicted octanol–water partition coefficient (Wildman–Crippen LogP) is 9.66. The van der Waals surface area contributed by atoms with Crippen molar-refractivity contribution in [1.29, 1.82) is 0 Å². The van der Waals surface area contributed by atoms with E-state index in [4.69, 9.17) is 0 Å². The van der Waals surface area contributed by atoms with Crippen molar-refractivity contribution in [3.8, 4) is 5.75 Å². The average Bonchev–Trinajstić information content (AvgIpc) is 2.92. The lowest BCUT2D eigenvalue weighted by atomic mass is 9.97. The maximum absolute atomic E-state index is 15.2. The summed E-state index contributed by atoms with van der Waals surface area (Å²) in [5.41, 5.74) is 5.55. The summed E-state index contributed by atoms with van der Waals surface area (Å²) < 4.78 is 44.3. The normalized spacial score (nSPS) is 11.4. The van der Waals surface area contributed by atoms with Gasteiger partial charge in [-0.1, -0.05) is 99.3 Å². The van der Waals surface area contributed by atoms with Crippen LogP contribution in [0.15, 0.2) is 78.9 Å². The molecule has 38 heavy (non-hydrogen) atoms. The number of aryl methyl sites for hydroxylation is 5. The molecular weight excluding hydrogens is 481 g/mol. The predicted molar refractivity (Wildman–Crippen MR) is 151 cm³/mol. The number of alkyl halides is 2. The van der Waals surface area contributed by atoms with Crippen LogP contribution in [0.5, 0.6) is 5.75 Å². The second-order valence-corrected chi connectivity index (χ2v) is 10.1. The molecule has 0 aliphatic carbocycles. The Morgan fingerprint density at radius 2 is 1.18 bits per heavy atom. The fraction of sp³-hybridized carbons (Fsp3) is 0.353. The van der Waals surface area contributed by atoms with E-state index in [1.165, 1.54) is 60.9 Å². The van der Waals surface area contributed by atoms with Gasteiger partial charge in [0.15, 0.2) is 0 Å². The maximum atomic E-state index is 15.2. The smallest absolute Gasteiger partial charge is 0.387 e. The fourth-order valence-corrected chi connectivity index (χ4v) is 4.95. The molecule has 0 fully saturated rings. The summed E-state index contributed by atoms with van der Waals surface area (Å²) in [4.78, 5) is 0. The zero-order chi connectivity index (χ0) is 26.7. The van der Waals surface area contributed by atoms with E-state index >= 15 is 4.39 Å². The Kier molecular flexibility index (Phi) is 10.3. The Hall–Kier alpha value is -3.27. The van der Waals surface area contributed by atoms with Crippen molar-refractivity contribution < 1.29 is 17.9 Å². The molecule has 0 heterocycles. The molecule has 4 aromatic carbocycles. The molecule has 4 rings (SSSR count). The number of hydrogen-bond acceptors (Lipinski definition) is 1. The van der Waals surface area contributed by atoms with Gasteiger partial charge in [0, 0.05) is 5.39 Å². The van der Waals surface area contributed by atoms with Gasteiger partial charge in [0.2, 0.25) is 0 Å². The number of benzene rings is 4. The Labute approximate surface area is 224 Å². The highest BCUT2D eigenvalue weighted by molar-refractivity contribution is 5.84. The summed E-state index contributed by atoms with van der Waals surface area (Å²) in [6.07, 6.45) is 10.7. The van der Waals surface area contributed by atoms with E-state index in [1.54, 1.807) is 12.1 Å².